The molecule has 4 heteroatoms. The zero-order valence-electron chi connectivity index (χ0n) is 8.72. The van der Waals surface area contributed by atoms with E-state index < -0.39 is 5.97 Å². The van der Waals surface area contributed by atoms with Gasteiger partial charge >= 0.3 is 5.97 Å². The number of ether oxygens (including phenoxy) is 1. The van der Waals surface area contributed by atoms with Gasteiger partial charge in [-0.15, -0.1) is 0 Å². The van der Waals surface area contributed by atoms with Crippen LogP contribution in [0, 0.1) is 20.8 Å². The summed E-state index contributed by atoms with van der Waals surface area (Å²) in [6.07, 6.45) is 0. The number of aromatic nitrogens is 1. The minimum Gasteiger partial charge on any atom is -0.464 e. The lowest BCUT2D eigenvalue weighted by atomic mass is 10.1. The normalized spacial score (nSPS) is 10.0. The first kappa shape index (κ1) is 10.5. The fraction of sp³-hybridized carbons (Fsp3) is 0.400. The number of carbonyl (C=O) groups is 1. The van der Waals surface area contributed by atoms with Gasteiger partial charge in [0.1, 0.15) is 5.69 Å². The van der Waals surface area contributed by atoms with Crippen LogP contribution in [0.4, 0.5) is 0 Å². The van der Waals surface area contributed by atoms with Crippen molar-refractivity contribution in [1.29, 1.82) is 0 Å². The van der Waals surface area contributed by atoms with Gasteiger partial charge in [0.15, 0.2) is 5.43 Å². The Kier molecular flexibility index (Phi) is 2.74. The van der Waals surface area contributed by atoms with Crippen LogP contribution in [0.25, 0.3) is 0 Å². The van der Waals surface area contributed by atoms with Crippen molar-refractivity contribution >= 4 is 5.97 Å². The average Bonchev–Trinajstić information content (AvgIpc) is 2.19. The maximum absolute atomic E-state index is 11.6. The average molecular weight is 195 g/mol. The molecule has 0 aliphatic heterocycles. The van der Waals surface area contributed by atoms with Gasteiger partial charge < -0.3 is 9.72 Å². The molecule has 0 unspecified atom stereocenters. The molecule has 1 N–H and O–H groups in total. The molecule has 0 atom stereocenters. The number of methoxy groups -OCH3 is 1. The van der Waals surface area contributed by atoms with Crippen molar-refractivity contribution in [1.82, 2.24) is 4.98 Å². The molecule has 0 amide bonds. The molecular formula is C10H13NO3. The minimum absolute atomic E-state index is 0.110. The summed E-state index contributed by atoms with van der Waals surface area (Å²) in [6, 6.07) is 0. The lowest BCUT2D eigenvalue weighted by Gasteiger charge is -2.07. The Balaban J connectivity index is 3.49. The molecule has 4 nitrogen and oxygen atoms in total. The van der Waals surface area contributed by atoms with Gasteiger partial charge in [-0.2, -0.15) is 0 Å². The molecule has 0 aliphatic rings. The zero-order chi connectivity index (χ0) is 10.9. The quantitative estimate of drug-likeness (QED) is 0.682. The van der Waals surface area contributed by atoms with Gasteiger partial charge in [0.2, 0.25) is 0 Å². The first-order valence-electron chi connectivity index (χ1n) is 4.27. The second kappa shape index (κ2) is 3.65. The topological polar surface area (TPSA) is 59.2 Å². The summed E-state index contributed by atoms with van der Waals surface area (Å²) in [7, 11) is 1.29. The monoisotopic (exact) mass is 195 g/mol. The fourth-order valence-corrected chi connectivity index (χ4v) is 1.25. The third-order valence-corrected chi connectivity index (χ3v) is 2.32. The van der Waals surface area contributed by atoms with Gasteiger partial charge in [-0.3, -0.25) is 4.79 Å². The van der Waals surface area contributed by atoms with Crippen LogP contribution >= 0.6 is 0 Å². The minimum atomic E-state index is -0.511. The number of aryl methyl sites for hydroxylation is 1. The first-order valence-corrected chi connectivity index (χ1v) is 4.27. The van der Waals surface area contributed by atoms with Crippen LogP contribution in [0.2, 0.25) is 0 Å². The molecular weight excluding hydrogens is 182 g/mol. The smallest absolute Gasteiger partial charge is 0.354 e. The highest BCUT2D eigenvalue weighted by Gasteiger charge is 2.14. The van der Waals surface area contributed by atoms with E-state index >= 15 is 0 Å². The number of hydrogen-bond acceptors (Lipinski definition) is 3. The predicted octanol–water partition coefficient (Wildman–Crippen LogP) is 1.09. The van der Waals surface area contributed by atoms with E-state index in [0.717, 1.165) is 0 Å². The number of aromatic amines is 1. The molecule has 0 fully saturated rings. The molecule has 0 radical (unpaired) electrons. The van der Waals surface area contributed by atoms with E-state index in [-0.39, 0.29) is 11.1 Å². The van der Waals surface area contributed by atoms with Gasteiger partial charge in [0.05, 0.1) is 7.11 Å². The first-order chi connectivity index (χ1) is 6.49. The highest BCUT2D eigenvalue weighted by atomic mass is 16.5. The van der Waals surface area contributed by atoms with Crippen molar-refractivity contribution in [2.75, 3.05) is 7.11 Å². The number of hydrogen-bond donors (Lipinski definition) is 1. The maximum Gasteiger partial charge on any atom is 0.354 e. The molecule has 1 heterocycles. The van der Waals surface area contributed by atoms with Crippen LogP contribution in [-0.2, 0) is 4.74 Å². The second-order valence-electron chi connectivity index (χ2n) is 3.20. The number of nitrogens with one attached hydrogen (secondary N) is 1. The Labute approximate surface area is 81.9 Å². The number of H-pyrrole nitrogens is 1. The lowest BCUT2D eigenvalue weighted by molar-refractivity contribution is 0.0592. The van der Waals surface area contributed by atoms with Crippen LogP contribution in [0.1, 0.15) is 27.3 Å². The van der Waals surface area contributed by atoms with E-state index in [1.807, 2.05) is 0 Å². The van der Waals surface area contributed by atoms with Gasteiger partial charge in [0.25, 0.3) is 0 Å². The molecule has 0 aromatic carbocycles. The van der Waals surface area contributed by atoms with Crippen LogP contribution in [0.3, 0.4) is 0 Å². The molecule has 76 valence electrons. The Hall–Kier alpha value is -1.58. The Morgan fingerprint density at radius 1 is 1.21 bits per heavy atom. The zero-order valence-corrected chi connectivity index (χ0v) is 8.72. The maximum atomic E-state index is 11.6. The van der Waals surface area contributed by atoms with E-state index in [2.05, 4.69) is 9.72 Å². The van der Waals surface area contributed by atoms with Crippen molar-refractivity contribution in [2.24, 2.45) is 0 Å². The largest absolute Gasteiger partial charge is 0.464 e. The van der Waals surface area contributed by atoms with E-state index in [1.165, 1.54) is 7.11 Å². The predicted molar refractivity (Wildman–Crippen MR) is 52.6 cm³/mol. The number of esters is 1. The summed E-state index contributed by atoms with van der Waals surface area (Å²) in [5.74, 6) is -0.511. The molecule has 1 aromatic rings. The highest BCUT2D eigenvalue weighted by molar-refractivity contribution is 5.88. The highest BCUT2D eigenvalue weighted by Crippen LogP contribution is 2.06. The molecule has 0 bridgehead atoms. The number of rotatable bonds is 1. The third kappa shape index (κ3) is 1.55. The van der Waals surface area contributed by atoms with Crippen LogP contribution in [-0.4, -0.2) is 18.1 Å². The standard InChI is InChI=1S/C10H13NO3/c1-5-7(3)11-8(10(13)14-4)6(2)9(5)12/h1-4H3,(H,11,12). The number of carbonyl (C=O) groups excluding carboxylic acids is 1. The molecule has 1 aromatic heterocycles. The molecule has 0 saturated heterocycles. The summed E-state index contributed by atoms with van der Waals surface area (Å²) in [5.41, 5.74) is 1.86. The van der Waals surface area contributed by atoms with Crippen molar-refractivity contribution < 1.29 is 9.53 Å². The molecule has 0 spiro atoms. The summed E-state index contributed by atoms with van der Waals surface area (Å²) < 4.78 is 4.56. The van der Waals surface area contributed by atoms with E-state index in [0.29, 0.717) is 16.8 Å². The fourth-order valence-electron chi connectivity index (χ4n) is 1.25. The van der Waals surface area contributed by atoms with Crippen molar-refractivity contribution in [2.45, 2.75) is 20.8 Å². The van der Waals surface area contributed by atoms with Gasteiger partial charge in [-0.25, -0.2) is 4.79 Å². The van der Waals surface area contributed by atoms with Crippen molar-refractivity contribution in [3.05, 3.63) is 32.7 Å². The van der Waals surface area contributed by atoms with Gasteiger partial charge in [-0.05, 0) is 20.8 Å². The van der Waals surface area contributed by atoms with Crippen LogP contribution in [0.15, 0.2) is 4.79 Å². The second-order valence-corrected chi connectivity index (χ2v) is 3.20. The number of pyridine rings is 1. The van der Waals surface area contributed by atoms with E-state index in [9.17, 15) is 9.59 Å². The van der Waals surface area contributed by atoms with E-state index in [1.54, 1.807) is 20.8 Å². The van der Waals surface area contributed by atoms with Crippen molar-refractivity contribution in [3.63, 3.8) is 0 Å². The SMILES string of the molecule is COC(=O)c1[nH]c(C)c(C)c(=O)c1C. The molecule has 0 saturated carbocycles. The van der Waals surface area contributed by atoms with Crippen LogP contribution in [0.5, 0.6) is 0 Å². The van der Waals surface area contributed by atoms with E-state index in [4.69, 9.17) is 0 Å². The Bertz CT molecular complexity index is 432. The summed E-state index contributed by atoms with van der Waals surface area (Å²) in [4.78, 5) is 25.7. The third-order valence-electron chi connectivity index (χ3n) is 2.32. The summed E-state index contributed by atoms with van der Waals surface area (Å²) in [5, 5.41) is 0. The van der Waals surface area contributed by atoms with Gasteiger partial charge in [0, 0.05) is 16.8 Å². The van der Waals surface area contributed by atoms with Gasteiger partial charge in [-0.1, -0.05) is 0 Å². The van der Waals surface area contributed by atoms with Crippen LogP contribution < -0.4 is 5.43 Å². The summed E-state index contributed by atoms with van der Waals surface area (Å²) in [6.45, 7) is 5.09. The summed E-state index contributed by atoms with van der Waals surface area (Å²) >= 11 is 0. The Morgan fingerprint density at radius 3 is 2.29 bits per heavy atom. The molecule has 14 heavy (non-hydrogen) atoms. The molecule has 1 rings (SSSR count). The molecule has 0 aliphatic carbocycles. The van der Waals surface area contributed by atoms with Crippen molar-refractivity contribution in [3.8, 4) is 0 Å². The Morgan fingerprint density at radius 2 is 1.79 bits per heavy atom. The lowest BCUT2D eigenvalue weighted by Crippen LogP contribution is -2.19.